The molecule has 1 saturated heterocycles. The van der Waals surface area contributed by atoms with Crippen molar-refractivity contribution in [3.63, 3.8) is 0 Å². The summed E-state index contributed by atoms with van der Waals surface area (Å²) in [5.41, 5.74) is 0. The fourth-order valence-corrected chi connectivity index (χ4v) is 2.08. The topological polar surface area (TPSA) is 110 Å². The van der Waals surface area contributed by atoms with Gasteiger partial charge in [-0.25, -0.2) is 4.31 Å². The Kier molecular flexibility index (Phi) is 3.79. The molecule has 2 N–H and O–H groups in total. The van der Waals surface area contributed by atoms with Crippen LogP contribution in [0.15, 0.2) is 0 Å². The van der Waals surface area contributed by atoms with Crippen LogP contribution in [-0.2, 0) is 15.1 Å². The van der Waals surface area contributed by atoms with Crippen LogP contribution in [0.2, 0.25) is 0 Å². The Balaban J connectivity index is 2.43. The SMILES string of the molecule is N#CCCC(=S)NC1CN(S(=O)(=O)O)C1=O. The van der Waals surface area contributed by atoms with Gasteiger partial charge in [-0.05, 0) is 0 Å². The molecule has 1 aliphatic rings. The highest BCUT2D eigenvalue weighted by molar-refractivity contribution is 7.84. The summed E-state index contributed by atoms with van der Waals surface area (Å²) in [5.74, 6) is -0.748. The van der Waals surface area contributed by atoms with Gasteiger partial charge in [-0.1, -0.05) is 12.2 Å². The van der Waals surface area contributed by atoms with Gasteiger partial charge in [-0.3, -0.25) is 9.35 Å². The number of carbonyl (C=O) groups excluding carboxylic acids is 1. The molecule has 7 nitrogen and oxygen atoms in total. The highest BCUT2D eigenvalue weighted by atomic mass is 32.2. The molecule has 1 rings (SSSR count). The molecule has 0 saturated carbocycles. The van der Waals surface area contributed by atoms with Gasteiger partial charge in [-0.15, -0.1) is 0 Å². The van der Waals surface area contributed by atoms with Crippen molar-refractivity contribution in [1.29, 1.82) is 5.26 Å². The van der Waals surface area contributed by atoms with E-state index < -0.39 is 22.3 Å². The maximum atomic E-state index is 11.2. The van der Waals surface area contributed by atoms with Gasteiger partial charge >= 0.3 is 10.3 Å². The number of hydrogen-bond acceptors (Lipinski definition) is 5. The van der Waals surface area contributed by atoms with Crippen LogP contribution in [0, 0.1) is 11.3 Å². The average Bonchev–Trinajstić information content (AvgIpc) is 2.18. The Morgan fingerprint density at radius 2 is 2.38 bits per heavy atom. The molecule has 88 valence electrons. The van der Waals surface area contributed by atoms with Crippen LogP contribution < -0.4 is 5.32 Å². The predicted octanol–water partition coefficient (Wildman–Crippen LogP) is -0.779. The third-order valence-electron chi connectivity index (χ3n) is 1.97. The number of nitriles is 1. The number of β-lactam (4-membered cyclic amide) rings is 1. The van der Waals surface area contributed by atoms with Crippen molar-refractivity contribution in [3.8, 4) is 6.07 Å². The summed E-state index contributed by atoms with van der Waals surface area (Å²) in [6.45, 7) is -0.148. The first-order valence-corrected chi connectivity index (χ1v) is 6.12. The summed E-state index contributed by atoms with van der Waals surface area (Å²) < 4.78 is 30.1. The monoisotopic (exact) mass is 263 g/mol. The molecule has 1 amide bonds. The van der Waals surface area contributed by atoms with Crippen molar-refractivity contribution < 1.29 is 17.8 Å². The molecule has 1 unspecified atom stereocenters. The largest absolute Gasteiger partial charge is 0.367 e. The van der Waals surface area contributed by atoms with Crippen LogP contribution in [-0.4, -0.2) is 40.8 Å². The molecule has 16 heavy (non-hydrogen) atoms. The average molecular weight is 263 g/mol. The lowest BCUT2D eigenvalue weighted by molar-refractivity contribution is -0.136. The Labute approximate surface area is 97.9 Å². The highest BCUT2D eigenvalue weighted by Gasteiger charge is 2.43. The van der Waals surface area contributed by atoms with Crippen molar-refractivity contribution in [1.82, 2.24) is 9.62 Å². The normalized spacial score (nSPS) is 19.9. The Bertz CT molecular complexity index is 453. The minimum atomic E-state index is -4.45. The first kappa shape index (κ1) is 12.8. The van der Waals surface area contributed by atoms with Gasteiger partial charge < -0.3 is 5.32 Å². The van der Waals surface area contributed by atoms with Crippen LogP contribution in [0.25, 0.3) is 0 Å². The number of nitrogens with zero attached hydrogens (tertiary/aromatic N) is 2. The molecule has 0 radical (unpaired) electrons. The number of rotatable bonds is 4. The smallest absolute Gasteiger partial charge is 0.362 e. The number of nitrogens with one attached hydrogen (secondary N) is 1. The predicted molar refractivity (Wildman–Crippen MR) is 57.6 cm³/mol. The Morgan fingerprint density at radius 3 is 2.81 bits per heavy atom. The minimum absolute atomic E-state index is 0.148. The van der Waals surface area contributed by atoms with E-state index in [-0.39, 0.29) is 13.0 Å². The number of amides is 1. The van der Waals surface area contributed by atoms with Crippen molar-refractivity contribution in [2.75, 3.05) is 6.54 Å². The fraction of sp³-hybridized carbons (Fsp3) is 0.571. The van der Waals surface area contributed by atoms with Gasteiger partial charge in [0.2, 0.25) is 0 Å². The molecule has 0 aromatic carbocycles. The first-order chi connectivity index (χ1) is 7.36. The molecule has 1 heterocycles. The van der Waals surface area contributed by atoms with E-state index in [1.807, 2.05) is 6.07 Å². The van der Waals surface area contributed by atoms with Crippen molar-refractivity contribution in [2.24, 2.45) is 0 Å². The van der Waals surface area contributed by atoms with E-state index in [0.717, 1.165) is 0 Å². The Morgan fingerprint density at radius 1 is 1.75 bits per heavy atom. The molecule has 0 aromatic heterocycles. The second-order valence-electron chi connectivity index (χ2n) is 3.13. The maximum absolute atomic E-state index is 11.2. The van der Waals surface area contributed by atoms with E-state index in [9.17, 15) is 13.2 Å². The molecule has 0 aromatic rings. The molecule has 9 heteroatoms. The summed E-state index contributed by atoms with van der Waals surface area (Å²) in [7, 11) is -4.45. The van der Waals surface area contributed by atoms with E-state index >= 15 is 0 Å². The summed E-state index contributed by atoms with van der Waals surface area (Å²) in [6.07, 6.45) is 0.552. The highest BCUT2D eigenvalue weighted by Crippen LogP contribution is 2.14. The second kappa shape index (κ2) is 4.73. The van der Waals surface area contributed by atoms with Gasteiger partial charge in [-0.2, -0.15) is 13.7 Å². The van der Waals surface area contributed by atoms with Gasteiger partial charge in [0, 0.05) is 12.8 Å². The van der Waals surface area contributed by atoms with E-state index in [0.29, 0.717) is 15.7 Å². The van der Waals surface area contributed by atoms with Crippen molar-refractivity contribution in [2.45, 2.75) is 18.9 Å². The lowest BCUT2D eigenvalue weighted by Crippen LogP contribution is -2.64. The van der Waals surface area contributed by atoms with E-state index in [1.165, 1.54) is 0 Å². The molecular weight excluding hydrogens is 254 g/mol. The lowest BCUT2D eigenvalue weighted by atomic mass is 10.1. The standard InChI is InChI=1S/C7H9N3O4S2/c8-3-1-2-6(15)9-5-4-10(7(5)11)16(12,13)14/h5H,1-2,4H2,(H,9,15)(H,12,13,14). The first-order valence-electron chi connectivity index (χ1n) is 4.31. The van der Waals surface area contributed by atoms with Gasteiger partial charge in [0.15, 0.2) is 0 Å². The Hall–Kier alpha value is -1.24. The summed E-state index contributed by atoms with van der Waals surface area (Å²) in [5, 5.41) is 10.9. The van der Waals surface area contributed by atoms with Crippen molar-refractivity contribution in [3.05, 3.63) is 0 Å². The summed E-state index contributed by atoms with van der Waals surface area (Å²) >= 11 is 4.84. The van der Waals surface area contributed by atoms with Gasteiger partial charge in [0.05, 0.1) is 17.6 Å². The van der Waals surface area contributed by atoms with E-state index in [1.54, 1.807) is 0 Å². The van der Waals surface area contributed by atoms with Crippen LogP contribution in [0.1, 0.15) is 12.8 Å². The van der Waals surface area contributed by atoms with E-state index in [2.05, 4.69) is 5.32 Å². The molecule has 1 aliphatic heterocycles. The van der Waals surface area contributed by atoms with Crippen LogP contribution in [0.4, 0.5) is 0 Å². The molecule has 0 bridgehead atoms. The summed E-state index contributed by atoms with van der Waals surface area (Å²) in [6, 6.07) is 1.16. The van der Waals surface area contributed by atoms with Crippen molar-refractivity contribution >= 4 is 33.4 Å². The minimum Gasteiger partial charge on any atom is -0.367 e. The van der Waals surface area contributed by atoms with Crippen LogP contribution >= 0.6 is 12.2 Å². The second-order valence-corrected chi connectivity index (χ2v) is 4.95. The zero-order valence-corrected chi connectivity index (χ0v) is 9.71. The maximum Gasteiger partial charge on any atom is 0.362 e. The van der Waals surface area contributed by atoms with Crippen LogP contribution in [0.3, 0.4) is 0 Å². The van der Waals surface area contributed by atoms with Gasteiger partial charge in [0.25, 0.3) is 5.91 Å². The van der Waals surface area contributed by atoms with E-state index in [4.69, 9.17) is 22.0 Å². The third-order valence-corrected chi connectivity index (χ3v) is 3.18. The molecule has 0 aliphatic carbocycles. The molecular formula is C7H9N3O4S2. The third kappa shape index (κ3) is 2.88. The molecule has 0 spiro atoms. The van der Waals surface area contributed by atoms with Crippen LogP contribution in [0.5, 0.6) is 0 Å². The fourth-order valence-electron chi connectivity index (χ4n) is 1.15. The number of thiocarbonyl (C=S) groups is 1. The number of hydrogen-bond donors (Lipinski definition) is 2. The molecule has 1 fully saturated rings. The zero-order chi connectivity index (χ0) is 12.3. The molecule has 1 atom stereocenters. The summed E-state index contributed by atoms with van der Waals surface area (Å²) in [4.78, 5) is 11.5. The number of carbonyl (C=O) groups is 1. The lowest BCUT2D eigenvalue weighted by Gasteiger charge is -2.35. The quantitative estimate of drug-likeness (QED) is 0.389. The zero-order valence-electron chi connectivity index (χ0n) is 8.08. The van der Waals surface area contributed by atoms with Gasteiger partial charge in [0.1, 0.15) is 6.04 Å².